The zero-order chi connectivity index (χ0) is 14.0. The van der Waals surface area contributed by atoms with Gasteiger partial charge >= 0.3 is 11.9 Å². The van der Waals surface area contributed by atoms with Crippen LogP contribution >= 0.6 is 0 Å². The van der Waals surface area contributed by atoms with Crippen molar-refractivity contribution in [3.8, 4) is 11.1 Å². The third-order valence-electron chi connectivity index (χ3n) is 2.60. The first kappa shape index (κ1) is 12.6. The molecular weight excluding hydrogens is 250 g/mol. The van der Waals surface area contributed by atoms with E-state index in [1.54, 1.807) is 12.1 Å². The number of carboxylic acids is 2. The predicted molar refractivity (Wildman–Crippen MR) is 66.4 cm³/mol. The Morgan fingerprint density at radius 3 is 2.11 bits per heavy atom. The molecule has 0 fully saturated rings. The first-order valence-electron chi connectivity index (χ1n) is 5.29. The summed E-state index contributed by atoms with van der Waals surface area (Å²) in [6.45, 7) is 0. The van der Waals surface area contributed by atoms with E-state index in [9.17, 15) is 14.4 Å². The zero-order valence-electron chi connectivity index (χ0n) is 9.58. The van der Waals surface area contributed by atoms with E-state index in [0.29, 0.717) is 11.1 Å². The number of hydrogen-bond acceptors (Lipinski definition) is 3. The van der Waals surface area contributed by atoms with Crippen LogP contribution in [0.15, 0.2) is 41.3 Å². The van der Waals surface area contributed by atoms with Crippen molar-refractivity contribution in [1.29, 1.82) is 0 Å². The molecule has 0 atom stereocenters. The molecule has 0 radical (unpaired) electrons. The maximum Gasteiger partial charge on any atom is 0.341 e. The van der Waals surface area contributed by atoms with Gasteiger partial charge in [0.05, 0.1) is 5.56 Å². The van der Waals surface area contributed by atoms with Crippen LogP contribution in [-0.2, 0) is 0 Å². The number of carboxylic acid groups (broad SMARTS) is 2. The number of benzene rings is 1. The molecule has 0 bridgehead atoms. The van der Waals surface area contributed by atoms with Gasteiger partial charge in [0.2, 0.25) is 0 Å². The van der Waals surface area contributed by atoms with Gasteiger partial charge in [-0.15, -0.1) is 0 Å². The van der Waals surface area contributed by atoms with Gasteiger partial charge in [-0.3, -0.25) is 4.79 Å². The van der Waals surface area contributed by atoms with Crippen molar-refractivity contribution in [2.24, 2.45) is 0 Å². The number of aromatic carboxylic acids is 2. The molecule has 0 aliphatic carbocycles. The van der Waals surface area contributed by atoms with Gasteiger partial charge in [0.1, 0.15) is 5.56 Å². The third kappa shape index (κ3) is 2.52. The summed E-state index contributed by atoms with van der Waals surface area (Å²) >= 11 is 0. The highest BCUT2D eigenvalue weighted by Crippen LogP contribution is 2.19. The monoisotopic (exact) mass is 259 g/mol. The summed E-state index contributed by atoms with van der Waals surface area (Å²) in [5.74, 6) is -2.36. The van der Waals surface area contributed by atoms with E-state index in [4.69, 9.17) is 10.2 Å². The van der Waals surface area contributed by atoms with E-state index in [0.717, 1.165) is 0 Å². The quantitative estimate of drug-likeness (QED) is 0.773. The Labute approximate surface area is 107 Å². The summed E-state index contributed by atoms with van der Waals surface area (Å²) in [4.78, 5) is 35.2. The van der Waals surface area contributed by atoms with Crippen molar-refractivity contribution >= 4 is 11.9 Å². The lowest BCUT2D eigenvalue weighted by atomic mass is 10.0. The van der Waals surface area contributed by atoms with Crippen LogP contribution in [0, 0.1) is 0 Å². The van der Waals surface area contributed by atoms with Crippen molar-refractivity contribution in [2.75, 3.05) is 0 Å². The van der Waals surface area contributed by atoms with Crippen LogP contribution < -0.4 is 5.56 Å². The number of hydrogen-bond donors (Lipinski definition) is 3. The molecule has 0 saturated heterocycles. The number of rotatable bonds is 3. The van der Waals surface area contributed by atoms with Gasteiger partial charge in [0.25, 0.3) is 5.56 Å². The largest absolute Gasteiger partial charge is 0.478 e. The fourth-order valence-electron chi connectivity index (χ4n) is 1.61. The maximum absolute atomic E-state index is 11.3. The highest BCUT2D eigenvalue weighted by Gasteiger charge is 2.10. The Morgan fingerprint density at radius 1 is 0.947 bits per heavy atom. The highest BCUT2D eigenvalue weighted by molar-refractivity contribution is 5.90. The second-order valence-corrected chi connectivity index (χ2v) is 3.82. The Morgan fingerprint density at radius 2 is 1.58 bits per heavy atom. The van der Waals surface area contributed by atoms with Crippen molar-refractivity contribution in [3.63, 3.8) is 0 Å². The van der Waals surface area contributed by atoms with Crippen LogP contribution in [0.5, 0.6) is 0 Å². The topological polar surface area (TPSA) is 107 Å². The Kier molecular flexibility index (Phi) is 3.15. The lowest BCUT2D eigenvalue weighted by Gasteiger charge is -2.03. The molecule has 19 heavy (non-hydrogen) atoms. The van der Waals surface area contributed by atoms with Crippen molar-refractivity contribution in [1.82, 2.24) is 4.98 Å². The summed E-state index contributed by atoms with van der Waals surface area (Å²) in [6.07, 6.45) is 1.38. The van der Waals surface area contributed by atoms with E-state index in [1.165, 1.54) is 24.4 Å². The minimum Gasteiger partial charge on any atom is -0.478 e. The Balaban J connectivity index is 2.47. The molecule has 0 unspecified atom stereocenters. The van der Waals surface area contributed by atoms with Crippen molar-refractivity contribution in [3.05, 3.63) is 58.0 Å². The molecule has 0 aliphatic heterocycles. The molecule has 0 amide bonds. The number of carbonyl (C=O) groups is 2. The fraction of sp³-hybridized carbons (Fsp3) is 0. The second kappa shape index (κ2) is 4.77. The van der Waals surface area contributed by atoms with Gasteiger partial charge in [-0.2, -0.15) is 0 Å². The summed E-state index contributed by atoms with van der Waals surface area (Å²) in [7, 11) is 0. The minimum absolute atomic E-state index is 0.131. The fourth-order valence-corrected chi connectivity index (χ4v) is 1.61. The molecule has 3 N–H and O–H groups in total. The maximum atomic E-state index is 11.3. The molecule has 6 nitrogen and oxygen atoms in total. The first-order chi connectivity index (χ1) is 8.99. The summed E-state index contributed by atoms with van der Waals surface area (Å²) in [5, 5.41) is 17.6. The smallest absolute Gasteiger partial charge is 0.341 e. The molecule has 6 heteroatoms. The second-order valence-electron chi connectivity index (χ2n) is 3.82. The van der Waals surface area contributed by atoms with Gasteiger partial charge in [-0.05, 0) is 29.3 Å². The number of aromatic amines is 1. The normalized spacial score (nSPS) is 10.1. The van der Waals surface area contributed by atoms with Crippen LogP contribution in [0.3, 0.4) is 0 Å². The van der Waals surface area contributed by atoms with E-state index in [1.807, 2.05) is 0 Å². The average molecular weight is 259 g/mol. The average Bonchev–Trinajstić information content (AvgIpc) is 2.39. The third-order valence-corrected chi connectivity index (χ3v) is 2.60. The van der Waals surface area contributed by atoms with Crippen LogP contribution in [0.2, 0.25) is 0 Å². The first-order valence-corrected chi connectivity index (χ1v) is 5.29. The zero-order valence-corrected chi connectivity index (χ0v) is 9.58. The summed E-state index contributed by atoms with van der Waals surface area (Å²) in [6, 6.07) is 7.15. The van der Waals surface area contributed by atoms with E-state index < -0.39 is 17.5 Å². The van der Waals surface area contributed by atoms with Gasteiger partial charge in [0.15, 0.2) is 0 Å². The predicted octanol–water partition coefficient (Wildman–Crippen LogP) is 1.44. The molecule has 0 aliphatic rings. The molecule has 96 valence electrons. The molecular formula is C13H9NO5. The number of nitrogens with one attached hydrogen (secondary N) is 1. The molecule has 2 aromatic rings. The lowest BCUT2D eigenvalue weighted by Crippen LogP contribution is -2.16. The van der Waals surface area contributed by atoms with Gasteiger partial charge < -0.3 is 15.2 Å². The van der Waals surface area contributed by atoms with Crippen molar-refractivity contribution in [2.45, 2.75) is 0 Å². The van der Waals surface area contributed by atoms with E-state index in [2.05, 4.69) is 4.98 Å². The molecule has 1 aromatic heterocycles. The summed E-state index contributed by atoms with van der Waals surface area (Å²) in [5.41, 5.74) is 0.197. The van der Waals surface area contributed by atoms with Crippen LogP contribution in [-0.4, -0.2) is 27.1 Å². The molecule has 1 aromatic carbocycles. The van der Waals surface area contributed by atoms with Crippen molar-refractivity contribution < 1.29 is 19.8 Å². The molecule has 0 saturated carbocycles. The minimum atomic E-state index is -1.31. The SMILES string of the molecule is O=C(O)c1ccc(-c2c[nH]c(=O)c(C(=O)O)c2)cc1. The summed E-state index contributed by atoms with van der Waals surface area (Å²) < 4.78 is 0. The number of pyridine rings is 1. The lowest BCUT2D eigenvalue weighted by molar-refractivity contribution is 0.0685. The Hall–Kier alpha value is -2.89. The molecule has 0 spiro atoms. The van der Waals surface area contributed by atoms with E-state index in [-0.39, 0.29) is 11.1 Å². The Bertz CT molecular complexity index is 700. The van der Waals surface area contributed by atoms with Crippen LogP contribution in [0.4, 0.5) is 0 Å². The van der Waals surface area contributed by atoms with Crippen LogP contribution in [0.1, 0.15) is 20.7 Å². The van der Waals surface area contributed by atoms with E-state index >= 15 is 0 Å². The number of H-pyrrole nitrogens is 1. The van der Waals surface area contributed by atoms with Crippen LogP contribution in [0.25, 0.3) is 11.1 Å². The highest BCUT2D eigenvalue weighted by atomic mass is 16.4. The van der Waals surface area contributed by atoms with Gasteiger partial charge in [-0.25, -0.2) is 9.59 Å². The van der Waals surface area contributed by atoms with Gasteiger partial charge in [0, 0.05) is 6.20 Å². The molecule has 2 rings (SSSR count). The van der Waals surface area contributed by atoms with Gasteiger partial charge in [-0.1, -0.05) is 12.1 Å². The number of aromatic nitrogens is 1. The molecule has 1 heterocycles. The standard InChI is InChI=1S/C13H9NO5/c15-11-10(13(18)19)5-9(6-14-11)7-1-3-8(4-2-7)12(16)17/h1-6H,(H,14,15)(H,16,17)(H,18,19).